The number of benzene rings is 1. The number of carboxylic acids is 1. The Hall–Kier alpha value is -2.11. The number of amides is 1. The minimum atomic E-state index is -0.712. The third-order valence-corrected chi connectivity index (χ3v) is 5.44. The largest absolute Gasteiger partial charge is 0.494 e. The average molecular weight is 335 g/mol. The van der Waals surface area contributed by atoms with Gasteiger partial charge in [0.2, 0.25) is 5.91 Å². The third-order valence-electron chi connectivity index (χ3n) is 5.44. The molecular weight excluding hydrogens is 313 g/mol. The molecule has 1 atom stereocenters. The molecule has 3 rings (SSSR count). The van der Waals surface area contributed by atoms with Crippen LogP contribution < -0.4 is 4.74 Å². The lowest BCUT2D eigenvalue weighted by Gasteiger charge is -2.32. The number of nitrogens with zero attached hydrogens (tertiary/aromatic N) is 1. The summed E-state index contributed by atoms with van der Waals surface area (Å²) in [7, 11) is 1.42. The number of methoxy groups -OCH3 is 1. The molecule has 1 saturated heterocycles. The summed E-state index contributed by atoms with van der Waals surface area (Å²) in [4.78, 5) is 25.2. The van der Waals surface area contributed by atoms with E-state index in [-0.39, 0.29) is 23.0 Å². The zero-order valence-corrected chi connectivity index (χ0v) is 13.8. The highest BCUT2D eigenvalue weighted by Gasteiger charge is 2.59. The minimum Gasteiger partial charge on any atom is -0.494 e. The molecule has 1 heterocycles. The molecule has 5 nitrogen and oxygen atoms in total. The van der Waals surface area contributed by atoms with E-state index in [1.807, 2.05) is 4.90 Å². The van der Waals surface area contributed by atoms with Crippen molar-refractivity contribution >= 4 is 11.9 Å². The highest BCUT2D eigenvalue weighted by atomic mass is 19.1. The molecule has 2 fully saturated rings. The van der Waals surface area contributed by atoms with E-state index in [0.29, 0.717) is 25.9 Å². The maximum atomic E-state index is 13.7. The number of hydrogen-bond acceptors (Lipinski definition) is 3. The molecule has 6 heteroatoms. The van der Waals surface area contributed by atoms with Crippen LogP contribution in [0.15, 0.2) is 18.2 Å². The van der Waals surface area contributed by atoms with E-state index in [0.717, 1.165) is 24.8 Å². The highest BCUT2D eigenvalue weighted by molar-refractivity contribution is 5.77. The van der Waals surface area contributed by atoms with Crippen LogP contribution in [-0.4, -0.2) is 42.1 Å². The maximum absolute atomic E-state index is 13.7. The summed E-state index contributed by atoms with van der Waals surface area (Å²) in [5, 5.41) is 9.10. The molecule has 1 unspecified atom stereocenters. The third kappa shape index (κ3) is 3.23. The number of likely N-dealkylation sites (tertiary alicyclic amines) is 1. The van der Waals surface area contributed by atoms with Crippen LogP contribution in [0.5, 0.6) is 5.75 Å². The molecule has 1 saturated carbocycles. The van der Waals surface area contributed by atoms with E-state index < -0.39 is 11.8 Å². The van der Waals surface area contributed by atoms with Crippen molar-refractivity contribution in [2.45, 2.75) is 32.1 Å². The summed E-state index contributed by atoms with van der Waals surface area (Å²) in [6, 6.07) is 4.74. The fraction of sp³-hybridized carbons (Fsp3) is 0.556. The molecule has 130 valence electrons. The zero-order chi connectivity index (χ0) is 17.3. The molecule has 1 aromatic carbocycles. The van der Waals surface area contributed by atoms with Crippen LogP contribution in [0.25, 0.3) is 0 Å². The second-order valence-corrected chi connectivity index (χ2v) is 6.81. The van der Waals surface area contributed by atoms with Gasteiger partial charge in [0.25, 0.3) is 0 Å². The number of aryl methyl sites for hydroxylation is 1. The summed E-state index contributed by atoms with van der Waals surface area (Å²) in [5.74, 6) is -1.11. The van der Waals surface area contributed by atoms with Crippen LogP contribution in [0.2, 0.25) is 0 Å². The predicted molar refractivity (Wildman–Crippen MR) is 85.3 cm³/mol. The highest BCUT2D eigenvalue weighted by Crippen LogP contribution is 2.59. The van der Waals surface area contributed by atoms with Gasteiger partial charge in [0.1, 0.15) is 0 Å². The van der Waals surface area contributed by atoms with Crippen LogP contribution in [0.1, 0.15) is 31.2 Å². The molecular formula is C18H22FNO4. The van der Waals surface area contributed by atoms with Crippen LogP contribution in [-0.2, 0) is 16.0 Å². The molecule has 0 bridgehead atoms. The topological polar surface area (TPSA) is 66.8 Å². The molecule has 0 radical (unpaired) electrons. The van der Waals surface area contributed by atoms with Gasteiger partial charge in [-0.05, 0) is 48.8 Å². The number of carbonyl (C=O) groups is 2. The lowest BCUT2D eigenvalue weighted by Crippen LogP contribution is -2.40. The van der Waals surface area contributed by atoms with E-state index in [1.165, 1.54) is 13.2 Å². The number of hydrogen-bond donors (Lipinski definition) is 1. The van der Waals surface area contributed by atoms with Gasteiger partial charge in [0.05, 0.1) is 13.0 Å². The first-order valence-electron chi connectivity index (χ1n) is 8.28. The normalized spacial score (nSPS) is 21.6. The van der Waals surface area contributed by atoms with Gasteiger partial charge in [-0.2, -0.15) is 0 Å². The van der Waals surface area contributed by atoms with Crippen molar-refractivity contribution in [2.75, 3.05) is 20.2 Å². The molecule has 2 aliphatic rings. The summed E-state index contributed by atoms with van der Waals surface area (Å²) >= 11 is 0. The minimum absolute atomic E-state index is 0.0496. The van der Waals surface area contributed by atoms with Gasteiger partial charge in [-0.25, -0.2) is 4.39 Å². The van der Waals surface area contributed by atoms with E-state index in [2.05, 4.69) is 0 Å². The molecule has 1 amide bonds. The molecule has 1 aliphatic carbocycles. The monoisotopic (exact) mass is 335 g/mol. The van der Waals surface area contributed by atoms with Gasteiger partial charge in [-0.3, -0.25) is 9.59 Å². The molecule has 1 N–H and O–H groups in total. The number of halogens is 1. The Balaban J connectivity index is 1.48. The van der Waals surface area contributed by atoms with Crippen LogP contribution in [0.3, 0.4) is 0 Å². The Kier molecular flexibility index (Phi) is 4.47. The number of carboxylic acid groups (broad SMARTS) is 1. The average Bonchev–Trinajstić information content (AvgIpc) is 3.27. The summed E-state index contributed by atoms with van der Waals surface area (Å²) < 4.78 is 18.5. The molecule has 1 aliphatic heterocycles. The molecule has 0 aromatic heterocycles. The fourth-order valence-corrected chi connectivity index (χ4v) is 3.73. The number of ether oxygens (including phenoxy) is 1. The maximum Gasteiger partial charge on any atom is 0.307 e. The number of piperidine rings is 1. The van der Waals surface area contributed by atoms with Crippen molar-refractivity contribution < 1.29 is 23.8 Å². The van der Waals surface area contributed by atoms with Crippen molar-refractivity contribution in [1.82, 2.24) is 4.90 Å². The fourth-order valence-electron chi connectivity index (χ4n) is 3.73. The zero-order valence-electron chi connectivity index (χ0n) is 13.8. The first-order chi connectivity index (χ1) is 11.4. The molecule has 24 heavy (non-hydrogen) atoms. The van der Waals surface area contributed by atoms with Gasteiger partial charge in [0.15, 0.2) is 11.6 Å². The standard InChI is InChI=1S/C18H22FNO4/c1-24-15-4-2-12(10-14(15)19)3-5-16(21)20-8-6-18(7-9-20)11-13(18)17(22)23/h2,4,10,13H,3,5-9,11H2,1H3,(H,22,23). The second-order valence-electron chi connectivity index (χ2n) is 6.81. The van der Waals surface area contributed by atoms with Gasteiger partial charge in [0, 0.05) is 19.5 Å². The first kappa shape index (κ1) is 16.7. The lowest BCUT2D eigenvalue weighted by molar-refractivity contribution is -0.139. The van der Waals surface area contributed by atoms with E-state index in [4.69, 9.17) is 9.84 Å². The van der Waals surface area contributed by atoms with Gasteiger partial charge in [-0.15, -0.1) is 0 Å². The Morgan fingerprint density at radius 3 is 2.62 bits per heavy atom. The van der Waals surface area contributed by atoms with Crippen LogP contribution >= 0.6 is 0 Å². The Bertz CT molecular complexity index is 652. The summed E-state index contributed by atoms with van der Waals surface area (Å²) in [6.07, 6.45) is 3.11. The van der Waals surface area contributed by atoms with Gasteiger partial charge >= 0.3 is 5.97 Å². The number of carbonyl (C=O) groups excluding carboxylic acids is 1. The van der Waals surface area contributed by atoms with Gasteiger partial charge < -0.3 is 14.7 Å². The van der Waals surface area contributed by atoms with Crippen molar-refractivity contribution in [3.63, 3.8) is 0 Å². The van der Waals surface area contributed by atoms with Crippen molar-refractivity contribution in [3.05, 3.63) is 29.6 Å². The quantitative estimate of drug-likeness (QED) is 0.898. The van der Waals surface area contributed by atoms with E-state index >= 15 is 0 Å². The van der Waals surface area contributed by atoms with Crippen LogP contribution in [0, 0.1) is 17.2 Å². The summed E-state index contributed by atoms with van der Waals surface area (Å²) in [5.41, 5.74) is 0.699. The molecule has 1 spiro atoms. The number of aliphatic carboxylic acids is 1. The van der Waals surface area contributed by atoms with Crippen molar-refractivity contribution in [1.29, 1.82) is 0 Å². The summed E-state index contributed by atoms with van der Waals surface area (Å²) in [6.45, 7) is 1.25. The van der Waals surface area contributed by atoms with Gasteiger partial charge in [-0.1, -0.05) is 6.07 Å². The Morgan fingerprint density at radius 1 is 1.38 bits per heavy atom. The van der Waals surface area contributed by atoms with Crippen molar-refractivity contribution in [2.24, 2.45) is 11.3 Å². The van der Waals surface area contributed by atoms with Crippen LogP contribution in [0.4, 0.5) is 4.39 Å². The van der Waals surface area contributed by atoms with E-state index in [9.17, 15) is 14.0 Å². The van der Waals surface area contributed by atoms with E-state index in [1.54, 1.807) is 12.1 Å². The second kappa shape index (κ2) is 6.42. The molecule has 1 aromatic rings. The number of rotatable bonds is 5. The first-order valence-corrected chi connectivity index (χ1v) is 8.28. The predicted octanol–water partition coefficient (Wildman–Crippen LogP) is 2.48. The lowest BCUT2D eigenvalue weighted by atomic mass is 9.90. The Morgan fingerprint density at radius 2 is 2.08 bits per heavy atom. The SMILES string of the molecule is COc1ccc(CCC(=O)N2CCC3(CC2)CC3C(=O)O)cc1F. The smallest absolute Gasteiger partial charge is 0.307 e. The Labute approximate surface area is 140 Å². The van der Waals surface area contributed by atoms with Crippen molar-refractivity contribution in [3.8, 4) is 5.75 Å².